The minimum atomic E-state index is -0.375. The van der Waals surface area contributed by atoms with Crippen LogP contribution in [-0.4, -0.2) is 12.2 Å². The molecule has 0 spiro atoms. The summed E-state index contributed by atoms with van der Waals surface area (Å²) in [6.45, 7) is 4.14. The van der Waals surface area contributed by atoms with Crippen LogP contribution >= 0.6 is 0 Å². The van der Waals surface area contributed by atoms with E-state index >= 15 is 0 Å². The molecule has 0 aromatic rings. The van der Waals surface area contributed by atoms with Crippen molar-refractivity contribution in [1.82, 2.24) is 0 Å². The van der Waals surface area contributed by atoms with E-state index in [9.17, 15) is 0 Å². The molecule has 0 radical (unpaired) electrons. The van der Waals surface area contributed by atoms with Gasteiger partial charge in [-0.25, -0.2) is 0 Å². The molecule has 0 amide bonds. The summed E-state index contributed by atoms with van der Waals surface area (Å²) in [6.07, 6.45) is 6.68. The molecule has 1 fully saturated rings. The molecule has 36 valence electrons. The minimum Gasteiger partial charge on any atom is -0.352 e. The van der Waals surface area contributed by atoms with E-state index in [0.29, 0.717) is 6.61 Å². The van der Waals surface area contributed by atoms with Crippen molar-refractivity contribution >= 4 is 0 Å². The fraction of sp³-hybridized carbons (Fsp3) is 0.333. The Kier molecular flexibility index (Phi) is 0.703. The molecular formula is C6H6O. The Morgan fingerprint density at radius 3 is 2.57 bits per heavy atom. The van der Waals surface area contributed by atoms with Crippen LogP contribution in [0.3, 0.4) is 0 Å². The minimum absolute atomic E-state index is 0.375. The average Bonchev–Trinajstić information content (AvgIpc) is 2.46. The van der Waals surface area contributed by atoms with Gasteiger partial charge in [0, 0.05) is 0 Å². The zero-order chi connectivity index (χ0) is 5.33. The Labute approximate surface area is 43.0 Å². The van der Waals surface area contributed by atoms with Crippen LogP contribution in [0.25, 0.3) is 0 Å². The van der Waals surface area contributed by atoms with Crippen molar-refractivity contribution in [1.29, 1.82) is 0 Å². The van der Waals surface area contributed by atoms with Crippen LogP contribution in [0.1, 0.15) is 0 Å². The third-order valence-electron chi connectivity index (χ3n) is 1.03. The molecule has 0 saturated carbocycles. The summed E-state index contributed by atoms with van der Waals surface area (Å²) >= 11 is 0. The predicted molar refractivity (Wildman–Crippen MR) is 27.7 cm³/mol. The molecule has 0 aromatic heterocycles. The van der Waals surface area contributed by atoms with E-state index in [4.69, 9.17) is 11.2 Å². The summed E-state index contributed by atoms with van der Waals surface area (Å²) in [7, 11) is 0. The van der Waals surface area contributed by atoms with Crippen LogP contribution in [0, 0.1) is 12.3 Å². The Balaban J connectivity index is 2.64. The molecule has 0 aliphatic carbocycles. The number of terminal acetylenes is 1. The average molecular weight is 94.1 g/mol. The molecule has 1 atom stereocenters. The molecule has 1 saturated heterocycles. The first-order valence-corrected chi connectivity index (χ1v) is 2.08. The van der Waals surface area contributed by atoms with E-state index in [2.05, 4.69) is 12.5 Å². The van der Waals surface area contributed by atoms with Crippen molar-refractivity contribution in [3.05, 3.63) is 12.7 Å². The summed E-state index contributed by atoms with van der Waals surface area (Å²) in [4.78, 5) is 0. The molecule has 1 nitrogen and oxygen atoms in total. The lowest BCUT2D eigenvalue weighted by atomic mass is 10.2. The van der Waals surface area contributed by atoms with Crippen molar-refractivity contribution in [2.24, 2.45) is 0 Å². The molecular weight excluding hydrogens is 88.1 g/mol. The van der Waals surface area contributed by atoms with E-state index in [1.807, 2.05) is 0 Å². The first-order chi connectivity index (χ1) is 3.33. The highest BCUT2D eigenvalue weighted by atomic mass is 16.6. The van der Waals surface area contributed by atoms with Gasteiger partial charge in [-0.2, -0.15) is 0 Å². The SMILES string of the molecule is C#CC1(C=C)CO1. The van der Waals surface area contributed by atoms with Crippen LogP contribution in [0.5, 0.6) is 0 Å². The van der Waals surface area contributed by atoms with Crippen LogP contribution in [0.15, 0.2) is 12.7 Å². The molecule has 0 N–H and O–H groups in total. The lowest BCUT2D eigenvalue weighted by Gasteiger charge is -1.86. The summed E-state index contributed by atoms with van der Waals surface area (Å²) in [5.74, 6) is 2.46. The second kappa shape index (κ2) is 1.11. The molecule has 1 heteroatoms. The van der Waals surface area contributed by atoms with Gasteiger partial charge in [-0.3, -0.25) is 0 Å². The molecule has 7 heavy (non-hydrogen) atoms. The fourth-order valence-electron chi connectivity index (χ4n) is 0.338. The monoisotopic (exact) mass is 94.0 g/mol. The molecule has 1 aliphatic heterocycles. The van der Waals surface area contributed by atoms with Crippen molar-refractivity contribution in [3.8, 4) is 12.3 Å². The molecule has 0 bridgehead atoms. The largest absolute Gasteiger partial charge is 0.352 e. The van der Waals surface area contributed by atoms with Crippen molar-refractivity contribution in [2.45, 2.75) is 5.60 Å². The number of ether oxygens (including phenoxy) is 1. The standard InChI is InChI=1S/C6H6O/c1-3-6(4-2)5-7-6/h1,4H,2,5H2. The second-order valence-corrected chi connectivity index (χ2v) is 1.53. The number of hydrogen-bond acceptors (Lipinski definition) is 1. The van der Waals surface area contributed by atoms with E-state index in [1.165, 1.54) is 0 Å². The third kappa shape index (κ3) is 0.531. The van der Waals surface area contributed by atoms with E-state index < -0.39 is 0 Å². The van der Waals surface area contributed by atoms with Crippen LogP contribution in [0.2, 0.25) is 0 Å². The van der Waals surface area contributed by atoms with Gasteiger partial charge in [0.2, 0.25) is 0 Å². The van der Waals surface area contributed by atoms with Gasteiger partial charge in [-0.15, -0.1) is 6.42 Å². The summed E-state index contributed by atoms with van der Waals surface area (Å²) in [5, 5.41) is 0. The lowest BCUT2D eigenvalue weighted by molar-refractivity contribution is 0.400. The molecule has 0 aromatic carbocycles. The fourth-order valence-corrected chi connectivity index (χ4v) is 0.338. The Morgan fingerprint density at radius 1 is 2.00 bits per heavy atom. The van der Waals surface area contributed by atoms with Crippen molar-refractivity contribution in [3.63, 3.8) is 0 Å². The van der Waals surface area contributed by atoms with Gasteiger partial charge >= 0.3 is 0 Å². The van der Waals surface area contributed by atoms with E-state index in [1.54, 1.807) is 6.08 Å². The van der Waals surface area contributed by atoms with Gasteiger partial charge < -0.3 is 4.74 Å². The zero-order valence-electron chi connectivity index (χ0n) is 3.98. The molecule has 1 aliphatic rings. The van der Waals surface area contributed by atoms with Crippen LogP contribution in [0.4, 0.5) is 0 Å². The highest BCUT2D eigenvalue weighted by Gasteiger charge is 2.39. The highest BCUT2D eigenvalue weighted by Crippen LogP contribution is 2.25. The smallest absolute Gasteiger partial charge is 0.170 e. The topological polar surface area (TPSA) is 12.5 Å². The maximum Gasteiger partial charge on any atom is 0.170 e. The normalized spacial score (nSPS) is 36.4. The Bertz CT molecular complexity index is 126. The number of epoxide rings is 1. The Hall–Kier alpha value is -0.740. The summed E-state index contributed by atoms with van der Waals surface area (Å²) in [5.41, 5.74) is -0.375. The molecule has 1 rings (SSSR count). The van der Waals surface area contributed by atoms with Crippen molar-refractivity contribution < 1.29 is 4.74 Å². The van der Waals surface area contributed by atoms with Crippen molar-refractivity contribution in [2.75, 3.05) is 6.61 Å². The van der Waals surface area contributed by atoms with Gasteiger partial charge in [0.15, 0.2) is 5.60 Å². The first kappa shape index (κ1) is 4.42. The maximum atomic E-state index is 5.03. The van der Waals surface area contributed by atoms with Gasteiger partial charge in [-0.1, -0.05) is 12.5 Å². The third-order valence-corrected chi connectivity index (χ3v) is 1.03. The predicted octanol–water partition coefficient (Wildman–Crippen LogP) is 0.575. The number of hydrogen-bond donors (Lipinski definition) is 0. The molecule has 1 unspecified atom stereocenters. The molecule has 1 heterocycles. The van der Waals surface area contributed by atoms with Crippen LogP contribution < -0.4 is 0 Å². The first-order valence-electron chi connectivity index (χ1n) is 2.08. The van der Waals surface area contributed by atoms with Gasteiger partial charge in [0.05, 0.1) is 6.61 Å². The Morgan fingerprint density at radius 2 is 2.57 bits per heavy atom. The lowest BCUT2D eigenvalue weighted by Crippen LogP contribution is -1.98. The van der Waals surface area contributed by atoms with Gasteiger partial charge in [0.25, 0.3) is 0 Å². The maximum absolute atomic E-state index is 5.03. The quantitative estimate of drug-likeness (QED) is 0.263. The summed E-state index contributed by atoms with van der Waals surface area (Å²) in [6, 6.07) is 0. The second-order valence-electron chi connectivity index (χ2n) is 1.53. The van der Waals surface area contributed by atoms with Crippen LogP contribution in [-0.2, 0) is 4.74 Å². The van der Waals surface area contributed by atoms with E-state index in [0.717, 1.165) is 0 Å². The van der Waals surface area contributed by atoms with E-state index in [-0.39, 0.29) is 5.60 Å². The summed E-state index contributed by atoms with van der Waals surface area (Å²) < 4.78 is 4.84. The van der Waals surface area contributed by atoms with Gasteiger partial charge in [-0.05, 0) is 6.08 Å². The highest BCUT2D eigenvalue weighted by molar-refractivity contribution is 5.25. The zero-order valence-corrected chi connectivity index (χ0v) is 3.98. The van der Waals surface area contributed by atoms with Gasteiger partial charge in [0.1, 0.15) is 0 Å². The number of rotatable bonds is 1.